The predicted octanol–water partition coefficient (Wildman–Crippen LogP) is 2.69. The molecule has 3 aromatic rings. The Morgan fingerprint density at radius 3 is 2.59 bits per heavy atom. The molecule has 5 rings (SSSR count). The van der Waals surface area contributed by atoms with Crippen molar-refractivity contribution in [3.63, 3.8) is 0 Å². The molecule has 0 aliphatic carbocycles. The van der Waals surface area contributed by atoms with Crippen molar-refractivity contribution >= 4 is 29.0 Å². The van der Waals surface area contributed by atoms with Gasteiger partial charge in [-0.1, -0.05) is 30.3 Å². The molecule has 164 valence electrons. The summed E-state index contributed by atoms with van der Waals surface area (Å²) in [7, 11) is 0. The first-order chi connectivity index (χ1) is 15.7. The quantitative estimate of drug-likeness (QED) is 0.644. The molecule has 32 heavy (non-hydrogen) atoms. The SMILES string of the molecule is O=C1CN(Cc2ccccc2)c2nc(Nc3ccc(N4CCOCC4)cc3)ncc2CN1. The molecule has 2 aromatic carbocycles. The highest BCUT2D eigenvalue weighted by Crippen LogP contribution is 2.25. The lowest BCUT2D eigenvalue weighted by atomic mass is 10.2. The number of amides is 1. The van der Waals surface area contributed by atoms with Crippen LogP contribution < -0.4 is 20.4 Å². The molecule has 3 heterocycles. The Balaban J connectivity index is 1.35. The molecule has 0 radical (unpaired) electrons. The highest BCUT2D eigenvalue weighted by atomic mass is 16.5. The fourth-order valence-corrected chi connectivity index (χ4v) is 4.00. The number of morpholine rings is 1. The van der Waals surface area contributed by atoms with Gasteiger partial charge in [0.25, 0.3) is 0 Å². The fraction of sp³-hybridized carbons (Fsp3) is 0.292. The van der Waals surface area contributed by atoms with Crippen LogP contribution in [-0.4, -0.2) is 48.7 Å². The number of ether oxygens (including phenoxy) is 1. The number of carbonyl (C=O) groups is 1. The number of aromatic nitrogens is 2. The number of hydrogen-bond donors (Lipinski definition) is 2. The first-order valence-electron chi connectivity index (χ1n) is 10.9. The van der Waals surface area contributed by atoms with Gasteiger partial charge in [-0.2, -0.15) is 4.98 Å². The maximum atomic E-state index is 12.3. The van der Waals surface area contributed by atoms with Crippen molar-refractivity contribution in [2.45, 2.75) is 13.1 Å². The Bertz CT molecular complexity index is 1070. The minimum atomic E-state index is -0.0212. The van der Waals surface area contributed by atoms with Crippen molar-refractivity contribution in [2.24, 2.45) is 0 Å². The van der Waals surface area contributed by atoms with Gasteiger partial charge in [0, 0.05) is 49.3 Å². The van der Waals surface area contributed by atoms with E-state index in [1.54, 1.807) is 6.20 Å². The lowest BCUT2D eigenvalue weighted by molar-refractivity contribution is -0.119. The lowest BCUT2D eigenvalue weighted by Crippen LogP contribution is -2.36. The zero-order valence-electron chi connectivity index (χ0n) is 17.8. The molecule has 0 spiro atoms. The van der Waals surface area contributed by atoms with Crippen LogP contribution in [0.4, 0.5) is 23.1 Å². The van der Waals surface area contributed by atoms with E-state index in [2.05, 4.69) is 44.8 Å². The van der Waals surface area contributed by atoms with Crippen molar-refractivity contribution in [2.75, 3.05) is 48.0 Å². The van der Waals surface area contributed by atoms with E-state index < -0.39 is 0 Å². The average molecular weight is 431 g/mol. The number of rotatable bonds is 5. The van der Waals surface area contributed by atoms with Crippen LogP contribution in [0.1, 0.15) is 11.1 Å². The number of fused-ring (bicyclic) bond motifs is 1. The average Bonchev–Trinajstić information content (AvgIpc) is 2.99. The van der Waals surface area contributed by atoms with Gasteiger partial charge in [0.15, 0.2) is 0 Å². The molecule has 8 nitrogen and oxygen atoms in total. The number of nitrogens with one attached hydrogen (secondary N) is 2. The Morgan fingerprint density at radius 1 is 1.03 bits per heavy atom. The summed E-state index contributed by atoms with van der Waals surface area (Å²) in [5.41, 5.74) is 4.12. The minimum absolute atomic E-state index is 0.0212. The van der Waals surface area contributed by atoms with Gasteiger partial charge in [-0.05, 0) is 29.8 Å². The summed E-state index contributed by atoms with van der Waals surface area (Å²) in [6.07, 6.45) is 1.79. The van der Waals surface area contributed by atoms with Crippen LogP contribution in [0.2, 0.25) is 0 Å². The van der Waals surface area contributed by atoms with Gasteiger partial charge in [-0.3, -0.25) is 4.79 Å². The summed E-state index contributed by atoms with van der Waals surface area (Å²) >= 11 is 0. The Kier molecular flexibility index (Phi) is 5.85. The summed E-state index contributed by atoms with van der Waals surface area (Å²) < 4.78 is 5.43. The molecular weight excluding hydrogens is 404 g/mol. The Morgan fingerprint density at radius 2 is 1.81 bits per heavy atom. The number of hydrogen-bond acceptors (Lipinski definition) is 7. The first-order valence-corrected chi connectivity index (χ1v) is 10.9. The minimum Gasteiger partial charge on any atom is -0.378 e. The molecule has 0 saturated carbocycles. The highest BCUT2D eigenvalue weighted by Gasteiger charge is 2.22. The van der Waals surface area contributed by atoms with Crippen LogP contribution in [0.5, 0.6) is 0 Å². The van der Waals surface area contributed by atoms with Crippen molar-refractivity contribution in [1.29, 1.82) is 0 Å². The standard InChI is InChI=1S/C24H26N6O2/c31-22-17-30(16-18-4-2-1-3-5-18)23-19(14-25-22)15-26-24(28-23)27-20-6-8-21(9-7-20)29-10-12-32-13-11-29/h1-9,15H,10-14,16-17H2,(H,25,31)(H,26,27,28). The molecule has 0 atom stereocenters. The van der Waals surface area contributed by atoms with Crippen LogP contribution in [0.25, 0.3) is 0 Å². The summed E-state index contributed by atoms with van der Waals surface area (Å²) in [5.74, 6) is 1.26. The molecule has 1 fully saturated rings. The summed E-state index contributed by atoms with van der Waals surface area (Å²) in [6, 6.07) is 18.4. The Labute approximate surface area is 187 Å². The molecule has 2 aliphatic rings. The van der Waals surface area contributed by atoms with Crippen molar-refractivity contribution in [3.8, 4) is 0 Å². The van der Waals surface area contributed by atoms with Gasteiger partial charge in [0.05, 0.1) is 19.8 Å². The van der Waals surface area contributed by atoms with Crippen molar-refractivity contribution in [3.05, 3.63) is 71.9 Å². The molecular formula is C24H26N6O2. The normalized spacial score (nSPS) is 16.2. The van der Waals surface area contributed by atoms with Gasteiger partial charge in [0.1, 0.15) is 5.82 Å². The molecule has 1 saturated heterocycles. The molecule has 0 unspecified atom stereocenters. The predicted molar refractivity (Wildman–Crippen MR) is 124 cm³/mol. The molecule has 0 bridgehead atoms. The van der Waals surface area contributed by atoms with E-state index in [-0.39, 0.29) is 12.5 Å². The highest BCUT2D eigenvalue weighted by molar-refractivity contribution is 5.82. The number of benzene rings is 2. The van der Waals surface area contributed by atoms with E-state index in [0.717, 1.165) is 48.9 Å². The number of anilines is 4. The third kappa shape index (κ3) is 4.65. The summed E-state index contributed by atoms with van der Waals surface area (Å²) in [5, 5.41) is 6.23. The third-order valence-electron chi connectivity index (χ3n) is 5.67. The van der Waals surface area contributed by atoms with E-state index in [1.165, 1.54) is 5.69 Å². The van der Waals surface area contributed by atoms with Crippen LogP contribution >= 0.6 is 0 Å². The molecule has 1 aromatic heterocycles. The van der Waals surface area contributed by atoms with Gasteiger partial charge < -0.3 is 25.2 Å². The summed E-state index contributed by atoms with van der Waals surface area (Å²) in [6.45, 7) is 4.63. The smallest absolute Gasteiger partial charge is 0.239 e. The molecule has 8 heteroatoms. The lowest BCUT2D eigenvalue weighted by Gasteiger charge is -2.28. The van der Waals surface area contributed by atoms with E-state index in [4.69, 9.17) is 9.72 Å². The van der Waals surface area contributed by atoms with Gasteiger partial charge in [0.2, 0.25) is 11.9 Å². The fourth-order valence-electron chi connectivity index (χ4n) is 4.00. The second-order valence-electron chi connectivity index (χ2n) is 7.93. The Hall–Kier alpha value is -3.65. The topological polar surface area (TPSA) is 82.6 Å². The van der Waals surface area contributed by atoms with E-state index in [9.17, 15) is 4.79 Å². The maximum absolute atomic E-state index is 12.3. The van der Waals surface area contributed by atoms with Crippen LogP contribution in [0, 0.1) is 0 Å². The summed E-state index contributed by atoms with van der Waals surface area (Å²) in [4.78, 5) is 25.8. The molecule has 2 aliphatic heterocycles. The second-order valence-corrected chi connectivity index (χ2v) is 7.93. The monoisotopic (exact) mass is 430 g/mol. The van der Waals surface area contributed by atoms with Crippen molar-refractivity contribution in [1.82, 2.24) is 15.3 Å². The van der Waals surface area contributed by atoms with Gasteiger partial charge in [-0.15, -0.1) is 0 Å². The van der Waals surface area contributed by atoms with Gasteiger partial charge in [-0.25, -0.2) is 4.98 Å². The number of carbonyl (C=O) groups excluding carboxylic acids is 1. The molecule has 1 amide bonds. The van der Waals surface area contributed by atoms with Gasteiger partial charge >= 0.3 is 0 Å². The zero-order chi connectivity index (χ0) is 21.8. The largest absolute Gasteiger partial charge is 0.378 e. The first kappa shape index (κ1) is 20.3. The molecule has 2 N–H and O–H groups in total. The van der Waals surface area contributed by atoms with E-state index in [0.29, 0.717) is 19.0 Å². The van der Waals surface area contributed by atoms with E-state index >= 15 is 0 Å². The maximum Gasteiger partial charge on any atom is 0.239 e. The second kappa shape index (κ2) is 9.23. The zero-order valence-corrected chi connectivity index (χ0v) is 17.8. The van der Waals surface area contributed by atoms with Crippen LogP contribution in [-0.2, 0) is 22.6 Å². The number of nitrogens with zero attached hydrogens (tertiary/aromatic N) is 4. The third-order valence-corrected chi connectivity index (χ3v) is 5.67. The van der Waals surface area contributed by atoms with Crippen LogP contribution in [0.3, 0.4) is 0 Å². The van der Waals surface area contributed by atoms with Crippen molar-refractivity contribution < 1.29 is 9.53 Å². The van der Waals surface area contributed by atoms with Crippen LogP contribution in [0.15, 0.2) is 60.8 Å². The van der Waals surface area contributed by atoms with E-state index in [1.807, 2.05) is 35.2 Å².